The normalized spacial score (nSPS) is 11.7. The van der Waals surface area contributed by atoms with Crippen molar-refractivity contribution in [3.05, 3.63) is 29.8 Å². The topological polar surface area (TPSA) is 58.2 Å². The Morgan fingerprint density at radius 1 is 1.25 bits per heavy atom. The summed E-state index contributed by atoms with van der Waals surface area (Å²) in [6.07, 6.45) is 0. The van der Waals surface area contributed by atoms with E-state index >= 15 is 0 Å². The lowest BCUT2D eigenvalue weighted by Gasteiger charge is -2.07. The highest BCUT2D eigenvalue weighted by Gasteiger charge is 2.20. The van der Waals surface area contributed by atoms with Crippen molar-refractivity contribution < 1.29 is 17.2 Å². The third-order valence-electron chi connectivity index (χ3n) is 1.87. The van der Waals surface area contributed by atoms with Crippen LogP contribution in [0.25, 0.3) is 0 Å². The fraction of sp³-hybridized carbons (Fsp3) is 0.333. The van der Waals surface area contributed by atoms with Gasteiger partial charge in [0, 0.05) is 13.1 Å². The van der Waals surface area contributed by atoms with Crippen molar-refractivity contribution in [2.24, 2.45) is 0 Å². The van der Waals surface area contributed by atoms with Crippen LogP contribution in [0.4, 0.5) is 8.78 Å². The molecule has 90 valence electrons. The fourth-order valence-electron chi connectivity index (χ4n) is 1.08. The Morgan fingerprint density at radius 3 is 2.56 bits per heavy atom. The van der Waals surface area contributed by atoms with Crippen LogP contribution in [0.5, 0.6) is 0 Å². The largest absolute Gasteiger partial charge is 0.318 e. The van der Waals surface area contributed by atoms with Crippen LogP contribution in [0.2, 0.25) is 0 Å². The molecule has 4 nitrogen and oxygen atoms in total. The zero-order chi connectivity index (χ0) is 12.2. The van der Waals surface area contributed by atoms with Gasteiger partial charge in [0.25, 0.3) is 0 Å². The quantitative estimate of drug-likeness (QED) is 0.747. The van der Waals surface area contributed by atoms with Crippen molar-refractivity contribution in [1.29, 1.82) is 0 Å². The van der Waals surface area contributed by atoms with Crippen LogP contribution >= 0.6 is 0 Å². The molecule has 0 aromatic heterocycles. The molecule has 1 aromatic rings. The summed E-state index contributed by atoms with van der Waals surface area (Å²) in [5.41, 5.74) is 0. The summed E-state index contributed by atoms with van der Waals surface area (Å²) in [6.45, 7) is 0.505. The maximum atomic E-state index is 13.2. The van der Waals surface area contributed by atoms with Crippen molar-refractivity contribution in [2.75, 3.05) is 20.1 Å². The van der Waals surface area contributed by atoms with Crippen LogP contribution < -0.4 is 10.0 Å². The third kappa shape index (κ3) is 2.97. The van der Waals surface area contributed by atoms with Crippen LogP contribution in [0.1, 0.15) is 0 Å². The molecule has 0 heterocycles. The summed E-state index contributed by atoms with van der Waals surface area (Å²) in [7, 11) is -2.34. The summed E-state index contributed by atoms with van der Waals surface area (Å²) in [4.78, 5) is -0.677. The average molecular weight is 250 g/mol. The molecule has 0 fully saturated rings. The summed E-state index contributed by atoms with van der Waals surface area (Å²) in [6, 6.07) is 3.02. The molecule has 0 unspecified atom stereocenters. The zero-order valence-corrected chi connectivity index (χ0v) is 9.44. The van der Waals surface area contributed by atoms with E-state index in [9.17, 15) is 17.2 Å². The van der Waals surface area contributed by atoms with Gasteiger partial charge in [-0.05, 0) is 19.2 Å². The molecule has 7 heteroatoms. The number of hydrogen-bond donors (Lipinski definition) is 2. The van der Waals surface area contributed by atoms with E-state index in [1.807, 2.05) is 0 Å². The summed E-state index contributed by atoms with van der Waals surface area (Å²) < 4.78 is 51.2. The minimum absolute atomic E-state index is 0.106. The molecular weight excluding hydrogens is 238 g/mol. The van der Waals surface area contributed by atoms with E-state index < -0.39 is 26.6 Å². The van der Waals surface area contributed by atoms with E-state index in [1.165, 1.54) is 0 Å². The van der Waals surface area contributed by atoms with E-state index in [0.29, 0.717) is 6.54 Å². The standard InChI is InChI=1S/C9H12F2N2O2S/c1-12-5-6-13-16(14,15)8-4-2-3-7(10)9(8)11/h2-4,12-13H,5-6H2,1H3. The van der Waals surface area contributed by atoms with Gasteiger partial charge in [-0.1, -0.05) is 6.07 Å². The number of sulfonamides is 1. The second-order valence-electron chi connectivity index (χ2n) is 3.05. The van der Waals surface area contributed by atoms with Gasteiger partial charge in [-0.15, -0.1) is 0 Å². The molecule has 0 saturated heterocycles. The van der Waals surface area contributed by atoms with Crippen LogP contribution in [0.15, 0.2) is 23.1 Å². The summed E-state index contributed by atoms with van der Waals surface area (Å²) in [5.74, 6) is -2.55. The molecule has 0 amide bonds. The molecule has 0 bridgehead atoms. The van der Waals surface area contributed by atoms with Crippen molar-refractivity contribution in [3.63, 3.8) is 0 Å². The maximum Gasteiger partial charge on any atom is 0.243 e. The minimum atomic E-state index is -3.99. The molecule has 1 rings (SSSR count). The first-order valence-corrected chi connectivity index (χ1v) is 6.05. The Hall–Kier alpha value is -1.05. The molecule has 0 aliphatic carbocycles. The van der Waals surface area contributed by atoms with E-state index in [0.717, 1.165) is 18.2 Å². The number of hydrogen-bond acceptors (Lipinski definition) is 3. The van der Waals surface area contributed by atoms with E-state index in [-0.39, 0.29) is 6.54 Å². The molecule has 0 aliphatic heterocycles. The maximum absolute atomic E-state index is 13.2. The Kier molecular flexibility index (Phi) is 4.34. The van der Waals surface area contributed by atoms with Crippen molar-refractivity contribution in [3.8, 4) is 0 Å². The molecule has 16 heavy (non-hydrogen) atoms. The van der Waals surface area contributed by atoms with Crippen LogP contribution in [0.3, 0.4) is 0 Å². The summed E-state index contributed by atoms with van der Waals surface area (Å²) >= 11 is 0. The smallest absolute Gasteiger partial charge is 0.243 e. The van der Waals surface area contributed by atoms with Crippen molar-refractivity contribution in [2.45, 2.75) is 4.90 Å². The molecule has 2 N–H and O–H groups in total. The monoisotopic (exact) mass is 250 g/mol. The van der Waals surface area contributed by atoms with E-state index in [1.54, 1.807) is 7.05 Å². The highest BCUT2D eigenvalue weighted by Crippen LogP contribution is 2.16. The highest BCUT2D eigenvalue weighted by atomic mass is 32.2. The second kappa shape index (κ2) is 5.33. The van der Waals surface area contributed by atoms with Gasteiger partial charge in [0.1, 0.15) is 4.90 Å². The first-order chi connectivity index (χ1) is 7.49. The molecular formula is C9H12F2N2O2S. The van der Waals surface area contributed by atoms with Gasteiger partial charge in [0.15, 0.2) is 11.6 Å². The number of rotatable bonds is 5. The van der Waals surface area contributed by atoms with Gasteiger partial charge in [0.05, 0.1) is 0 Å². The van der Waals surface area contributed by atoms with Gasteiger partial charge in [-0.2, -0.15) is 0 Å². The molecule has 0 saturated carbocycles. The summed E-state index contributed by atoms with van der Waals surface area (Å²) in [5, 5.41) is 2.72. The van der Waals surface area contributed by atoms with Crippen LogP contribution in [-0.4, -0.2) is 28.6 Å². The predicted molar refractivity (Wildman–Crippen MR) is 55.5 cm³/mol. The zero-order valence-electron chi connectivity index (χ0n) is 8.63. The van der Waals surface area contributed by atoms with E-state index in [2.05, 4.69) is 10.0 Å². The lowest BCUT2D eigenvalue weighted by molar-refractivity contribution is 0.483. The van der Waals surface area contributed by atoms with Crippen LogP contribution in [0, 0.1) is 11.6 Å². The Balaban J connectivity index is 2.94. The highest BCUT2D eigenvalue weighted by molar-refractivity contribution is 7.89. The number of benzene rings is 1. The molecule has 1 aromatic carbocycles. The second-order valence-corrected chi connectivity index (χ2v) is 4.79. The number of nitrogens with one attached hydrogen (secondary N) is 2. The lowest BCUT2D eigenvalue weighted by atomic mass is 10.3. The van der Waals surface area contributed by atoms with E-state index in [4.69, 9.17) is 0 Å². The Morgan fingerprint density at radius 2 is 1.94 bits per heavy atom. The molecule has 0 atom stereocenters. The lowest BCUT2D eigenvalue weighted by Crippen LogP contribution is -2.31. The van der Waals surface area contributed by atoms with Gasteiger partial charge in [-0.25, -0.2) is 21.9 Å². The molecule has 0 aliphatic rings. The van der Waals surface area contributed by atoms with Gasteiger partial charge in [-0.3, -0.25) is 0 Å². The number of halogens is 2. The first kappa shape index (κ1) is 13.0. The van der Waals surface area contributed by atoms with Crippen molar-refractivity contribution in [1.82, 2.24) is 10.0 Å². The fourth-order valence-corrected chi connectivity index (χ4v) is 2.20. The first-order valence-electron chi connectivity index (χ1n) is 4.57. The van der Waals surface area contributed by atoms with Crippen LogP contribution in [-0.2, 0) is 10.0 Å². The molecule has 0 radical (unpaired) electrons. The molecule has 0 spiro atoms. The predicted octanol–water partition coefficient (Wildman–Crippen LogP) is 0.462. The van der Waals surface area contributed by atoms with Gasteiger partial charge < -0.3 is 5.32 Å². The SMILES string of the molecule is CNCCNS(=O)(=O)c1cccc(F)c1F. The Bertz CT molecular complexity index is 463. The van der Waals surface area contributed by atoms with Gasteiger partial charge in [0.2, 0.25) is 10.0 Å². The third-order valence-corrected chi connectivity index (χ3v) is 3.35. The average Bonchev–Trinajstić information content (AvgIpc) is 2.22. The van der Waals surface area contributed by atoms with Gasteiger partial charge >= 0.3 is 0 Å². The number of likely N-dealkylation sites (N-methyl/N-ethyl adjacent to an activating group) is 1. The Labute approximate surface area is 92.7 Å². The van der Waals surface area contributed by atoms with Crippen molar-refractivity contribution >= 4 is 10.0 Å². The minimum Gasteiger partial charge on any atom is -0.318 e.